The third-order valence-electron chi connectivity index (χ3n) is 6.71. The van der Waals surface area contributed by atoms with Crippen molar-refractivity contribution in [3.63, 3.8) is 0 Å². The monoisotopic (exact) mass is 424 g/mol. The topological polar surface area (TPSA) is 119 Å². The van der Waals surface area contributed by atoms with Crippen LogP contribution < -0.4 is 20.7 Å². The molecule has 10 heteroatoms. The minimum absolute atomic E-state index is 0.161. The summed E-state index contributed by atoms with van der Waals surface area (Å²) in [6.45, 7) is 4.29. The smallest absolute Gasteiger partial charge is 0.173 e. The normalized spacial score (nSPS) is 28.4. The van der Waals surface area contributed by atoms with Crippen molar-refractivity contribution in [1.29, 1.82) is 0 Å². The zero-order valence-corrected chi connectivity index (χ0v) is 17.6. The van der Waals surface area contributed by atoms with Crippen molar-refractivity contribution in [3.8, 4) is 11.6 Å². The van der Waals surface area contributed by atoms with Crippen LogP contribution in [-0.4, -0.2) is 68.9 Å². The van der Waals surface area contributed by atoms with Gasteiger partial charge in [0.1, 0.15) is 23.1 Å². The fourth-order valence-electron chi connectivity index (χ4n) is 5.22. The number of nitrogens with one attached hydrogen (secondary N) is 2. The number of fused-ring (bicyclic) bond motifs is 3. The first-order valence-electron chi connectivity index (χ1n) is 11.1. The molecule has 4 N–H and O–H groups in total. The molecule has 0 spiro atoms. The van der Waals surface area contributed by atoms with E-state index in [2.05, 4.69) is 32.4 Å². The summed E-state index contributed by atoms with van der Waals surface area (Å²) < 4.78 is 14.0. The molecule has 3 aromatic rings. The number of pyridine rings is 1. The second kappa shape index (κ2) is 7.38. The zero-order valence-electron chi connectivity index (χ0n) is 17.6. The molecule has 0 aromatic carbocycles. The molecule has 164 valence electrons. The number of hydrogen-bond donors (Lipinski definition) is 3. The molecule has 3 fully saturated rings. The van der Waals surface area contributed by atoms with Gasteiger partial charge in [0.25, 0.3) is 0 Å². The summed E-state index contributed by atoms with van der Waals surface area (Å²) in [6.07, 6.45) is 6.33. The molecule has 6 heterocycles. The molecule has 6 rings (SSSR count). The van der Waals surface area contributed by atoms with Crippen molar-refractivity contribution in [2.24, 2.45) is 0 Å². The zero-order chi connectivity index (χ0) is 20.9. The van der Waals surface area contributed by atoms with Crippen LogP contribution in [0.25, 0.3) is 16.9 Å². The van der Waals surface area contributed by atoms with Gasteiger partial charge in [-0.1, -0.05) is 0 Å². The quantitative estimate of drug-likeness (QED) is 0.578. The minimum atomic E-state index is 0.161. The Morgan fingerprint density at radius 2 is 2.10 bits per heavy atom. The van der Waals surface area contributed by atoms with Crippen LogP contribution in [0.4, 0.5) is 11.6 Å². The van der Waals surface area contributed by atoms with Gasteiger partial charge in [-0.3, -0.25) is 5.10 Å². The Bertz CT molecular complexity index is 1070. The van der Waals surface area contributed by atoms with Crippen LogP contribution in [0, 0.1) is 0 Å². The Labute approximate surface area is 180 Å². The molecule has 3 aliphatic heterocycles. The van der Waals surface area contributed by atoms with Gasteiger partial charge in [-0.2, -0.15) is 9.78 Å². The standard InChI is InChI=1S/C21H28N8O2/c1-12-11-30-7-6-28(12)18-10-16(31-15-8-13-2-3-14(9-15)24-13)19-20(22)27-29(21(19)25-18)17-4-5-23-26-17/h4-5,10,12-15,24H,2-3,6-9,11H2,1H3,(H2,22,27)(H,23,26). The predicted molar refractivity (Wildman–Crippen MR) is 117 cm³/mol. The number of hydrogen-bond acceptors (Lipinski definition) is 8. The Kier molecular flexibility index (Phi) is 4.50. The van der Waals surface area contributed by atoms with Crippen molar-refractivity contribution < 1.29 is 9.47 Å². The van der Waals surface area contributed by atoms with Gasteiger partial charge >= 0.3 is 0 Å². The van der Waals surface area contributed by atoms with Crippen LogP contribution >= 0.6 is 0 Å². The van der Waals surface area contributed by atoms with Gasteiger partial charge in [0, 0.05) is 30.8 Å². The highest BCUT2D eigenvalue weighted by Crippen LogP contribution is 2.38. The number of nitrogens with two attached hydrogens (primary N) is 1. The first-order valence-corrected chi connectivity index (χ1v) is 11.1. The highest BCUT2D eigenvalue weighted by molar-refractivity contribution is 5.94. The summed E-state index contributed by atoms with van der Waals surface area (Å²) in [5, 5.41) is 16.0. The summed E-state index contributed by atoms with van der Waals surface area (Å²) in [4.78, 5) is 7.24. The highest BCUT2D eigenvalue weighted by Gasteiger charge is 2.35. The lowest BCUT2D eigenvalue weighted by molar-refractivity contribution is 0.0984. The van der Waals surface area contributed by atoms with E-state index in [-0.39, 0.29) is 12.1 Å². The number of morpholine rings is 1. The van der Waals surface area contributed by atoms with E-state index in [0.717, 1.165) is 36.3 Å². The van der Waals surface area contributed by atoms with Crippen LogP contribution in [0.15, 0.2) is 18.3 Å². The number of ether oxygens (including phenoxy) is 2. The first kappa shape index (κ1) is 18.9. The van der Waals surface area contributed by atoms with Crippen LogP contribution in [0.1, 0.15) is 32.6 Å². The molecular weight excluding hydrogens is 396 g/mol. The number of rotatable bonds is 4. The molecule has 0 radical (unpaired) electrons. The molecule has 3 saturated heterocycles. The van der Waals surface area contributed by atoms with Crippen molar-refractivity contribution in [1.82, 2.24) is 30.3 Å². The Balaban J connectivity index is 1.45. The van der Waals surface area contributed by atoms with Crippen molar-refractivity contribution in [3.05, 3.63) is 18.3 Å². The minimum Gasteiger partial charge on any atom is -0.489 e. The van der Waals surface area contributed by atoms with E-state index in [0.29, 0.717) is 42.6 Å². The maximum Gasteiger partial charge on any atom is 0.173 e. The third kappa shape index (κ3) is 3.30. The van der Waals surface area contributed by atoms with Gasteiger partial charge in [0.15, 0.2) is 17.3 Å². The van der Waals surface area contributed by atoms with Gasteiger partial charge in [0.05, 0.1) is 25.5 Å². The van der Waals surface area contributed by atoms with E-state index in [1.54, 1.807) is 10.9 Å². The summed E-state index contributed by atoms with van der Waals surface area (Å²) in [6, 6.07) is 5.20. The van der Waals surface area contributed by atoms with Crippen LogP contribution in [0.2, 0.25) is 0 Å². The van der Waals surface area contributed by atoms with E-state index in [1.165, 1.54) is 12.8 Å². The number of nitrogen functional groups attached to an aromatic ring is 1. The Hall–Kier alpha value is -2.85. The highest BCUT2D eigenvalue weighted by atomic mass is 16.5. The molecule has 0 aliphatic carbocycles. The number of aromatic nitrogens is 5. The second-order valence-electron chi connectivity index (χ2n) is 8.88. The molecule has 3 atom stereocenters. The second-order valence-corrected chi connectivity index (χ2v) is 8.88. The molecule has 10 nitrogen and oxygen atoms in total. The summed E-state index contributed by atoms with van der Waals surface area (Å²) in [7, 11) is 0. The lowest BCUT2D eigenvalue weighted by atomic mass is 10.0. The van der Waals surface area contributed by atoms with Crippen LogP contribution in [-0.2, 0) is 4.74 Å². The van der Waals surface area contributed by atoms with E-state index in [9.17, 15) is 0 Å². The molecule has 3 unspecified atom stereocenters. The largest absolute Gasteiger partial charge is 0.489 e. The van der Waals surface area contributed by atoms with E-state index >= 15 is 0 Å². The molecule has 31 heavy (non-hydrogen) atoms. The van der Waals surface area contributed by atoms with Gasteiger partial charge in [-0.15, -0.1) is 5.10 Å². The predicted octanol–water partition coefficient (Wildman–Crippen LogP) is 1.61. The summed E-state index contributed by atoms with van der Waals surface area (Å²) in [5.74, 6) is 2.74. The average Bonchev–Trinajstić information content (AvgIpc) is 3.48. The Morgan fingerprint density at radius 1 is 1.26 bits per heavy atom. The Morgan fingerprint density at radius 3 is 2.84 bits per heavy atom. The van der Waals surface area contributed by atoms with Crippen LogP contribution in [0.3, 0.4) is 0 Å². The van der Waals surface area contributed by atoms with E-state index in [1.807, 2.05) is 12.1 Å². The fourth-order valence-corrected chi connectivity index (χ4v) is 5.22. The maximum absolute atomic E-state index is 6.63. The molecule has 2 bridgehead atoms. The van der Waals surface area contributed by atoms with Crippen LogP contribution in [0.5, 0.6) is 5.75 Å². The van der Waals surface area contributed by atoms with Gasteiger partial charge in [-0.25, -0.2) is 4.98 Å². The molecule has 3 aromatic heterocycles. The number of aromatic amines is 1. The fraction of sp³-hybridized carbons (Fsp3) is 0.571. The first-order chi connectivity index (χ1) is 15.2. The van der Waals surface area contributed by atoms with Gasteiger partial charge < -0.3 is 25.4 Å². The number of nitrogens with zero attached hydrogens (tertiary/aromatic N) is 5. The summed E-state index contributed by atoms with van der Waals surface area (Å²) >= 11 is 0. The van der Waals surface area contributed by atoms with E-state index in [4.69, 9.17) is 20.2 Å². The number of piperidine rings is 1. The SMILES string of the molecule is CC1COCCN1c1cc(OC2CC3CCC(C2)N3)c2c(N)nn(-c3ccn[nH]3)c2n1. The van der Waals surface area contributed by atoms with Gasteiger partial charge in [0.2, 0.25) is 0 Å². The molecular formula is C21H28N8O2. The maximum atomic E-state index is 6.63. The van der Waals surface area contributed by atoms with Crippen molar-refractivity contribution >= 4 is 22.7 Å². The number of H-pyrrole nitrogens is 1. The van der Waals surface area contributed by atoms with Gasteiger partial charge in [-0.05, 0) is 32.6 Å². The average molecular weight is 425 g/mol. The molecule has 3 aliphatic rings. The molecule has 0 saturated carbocycles. The van der Waals surface area contributed by atoms with E-state index < -0.39 is 0 Å². The third-order valence-corrected chi connectivity index (χ3v) is 6.71. The lowest BCUT2D eigenvalue weighted by Crippen LogP contribution is -2.44. The molecule has 0 amide bonds. The van der Waals surface area contributed by atoms with Crippen molar-refractivity contribution in [2.45, 2.75) is 56.8 Å². The summed E-state index contributed by atoms with van der Waals surface area (Å²) in [5.41, 5.74) is 7.05. The number of anilines is 2. The van der Waals surface area contributed by atoms with Crippen molar-refractivity contribution in [2.75, 3.05) is 30.4 Å². The lowest BCUT2D eigenvalue weighted by Gasteiger charge is -2.35.